The molecule has 0 atom stereocenters. The Balaban J connectivity index is 2.93. The highest BCUT2D eigenvalue weighted by atomic mass is 79.9. The Morgan fingerprint density at radius 2 is 1.90 bits per heavy atom. The fourth-order valence-corrected chi connectivity index (χ4v) is 3.05. The lowest BCUT2D eigenvalue weighted by Crippen LogP contribution is -2.33. The lowest BCUT2D eigenvalue weighted by atomic mass is 10.2. The Morgan fingerprint density at radius 3 is 2.38 bits per heavy atom. The van der Waals surface area contributed by atoms with Crippen LogP contribution in [-0.2, 0) is 20.3 Å². The normalized spacial score (nSPS) is 12.1. The van der Waals surface area contributed by atoms with Gasteiger partial charge in [0.15, 0.2) is 0 Å². The van der Waals surface area contributed by atoms with Gasteiger partial charge in [0.25, 0.3) is 9.05 Å². The first-order valence-electron chi connectivity index (χ1n) is 6.07. The van der Waals surface area contributed by atoms with Crippen LogP contribution in [0.15, 0.2) is 27.6 Å². The quantitative estimate of drug-likeness (QED) is 0.728. The van der Waals surface area contributed by atoms with Crippen molar-refractivity contribution in [1.29, 1.82) is 0 Å². The van der Waals surface area contributed by atoms with Crippen molar-refractivity contribution in [3.05, 3.63) is 28.2 Å². The second-order valence-electron chi connectivity index (χ2n) is 5.57. The second kappa shape index (κ2) is 6.54. The van der Waals surface area contributed by atoms with Crippen LogP contribution >= 0.6 is 26.6 Å². The predicted octanol–water partition coefficient (Wildman–Crippen LogP) is 3.74. The van der Waals surface area contributed by atoms with Crippen LogP contribution in [0.2, 0.25) is 0 Å². The van der Waals surface area contributed by atoms with Gasteiger partial charge in [0.2, 0.25) is 0 Å². The molecule has 1 rings (SSSR count). The summed E-state index contributed by atoms with van der Waals surface area (Å²) in [6.45, 7) is 5.52. The Hall–Kier alpha value is -0.790. The second-order valence-corrected chi connectivity index (χ2v) is 9.05. The Morgan fingerprint density at radius 1 is 1.33 bits per heavy atom. The first-order chi connectivity index (χ1) is 9.38. The zero-order chi connectivity index (χ0) is 16.4. The van der Waals surface area contributed by atoms with Crippen LogP contribution in [0.25, 0.3) is 0 Å². The third-order valence-electron chi connectivity index (χ3n) is 2.34. The fourth-order valence-electron chi connectivity index (χ4n) is 1.53. The van der Waals surface area contributed by atoms with Crippen molar-refractivity contribution >= 4 is 41.8 Å². The lowest BCUT2D eigenvalue weighted by molar-refractivity contribution is 0.0285. The lowest BCUT2D eigenvalue weighted by Gasteiger charge is -2.24. The minimum atomic E-state index is -3.83. The number of amides is 1. The highest BCUT2D eigenvalue weighted by molar-refractivity contribution is 9.10. The molecule has 0 radical (unpaired) electrons. The molecule has 0 unspecified atom stereocenters. The maximum Gasteiger partial charge on any atom is 0.410 e. The largest absolute Gasteiger partial charge is 0.444 e. The minimum absolute atomic E-state index is 0.0221. The SMILES string of the molecule is CN(Cc1cc(Br)cc(S(=O)(=O)Cl)c1)C(=O)OC(C)(C)C. The zero-order valence-electron chi connectivity index (χ0n) is 12.2. The number of carbonyl (C=O) groups excluding carboxylic acids is 1. The molecule has 0 aromatic heterocycles. The molecule has 1 aromatic carbocycles. The van der Waals surface area contributed by atoms with E-state index in [-0.39, 0.29) is 11.4 Å². The monoisotopic (exact) mass is 397 g/mol. The molecule has 0 spiro atoms. The van der Waals surface area contributed by atoms with Crippen LogP contribution in [0.1, 0.15) is 26.3 Å². The van der Waals surface area contributed by atoms with Crippen molar-refractivity contribution < 1.29 is 17.9 Å². The van der Waals surface area contributed by atoms with E-state index in [1.54, 1.807) is 33.9 Å². The van der Waals surface area contributed by atoms with E-state index in [1.807, 2.05) is 0 Å². The fraction of sp³-hybridized carbons (Fsp3) is 0.462. The van der Waals surface area contributed by atoms with Gasteiger partial charge in [-0.05, 0) is 44.5 Å². The summed E-state index contributed by atoms with van der Waals surface area (Å²) >= 11 is 3.22. The number of rotatable bonds is 3. The van der Waals surface area contributed by atoms with Gasteiger partial charge >= 0.3 is 6.09 Å². The summed E-state index contributed by atoms with van der Waals surface area (Å²) in [6.07, 6.45) is -0.488. The van der Waals surface area contributed by atoms with Crippen molar-refractivity contribution in [2.75, 3.05) is 7.05 Å². The van der Waals surface area contributed by atoms with Crippen LogP contribution in [0.5, 0.6) is 0 Å². The molecule has 0 saturated carbocycles. The molecule has 0 saturated heterocycles. The Kier molecular flexibility index (Phi) is 5.69. The maximum absolute atomic E-state index is 11.9. The molecule has 5 nitrogen and oxygen atoms in total. The van der Waals surface area contributed by atoms with Crippen LogP contribution in [0.3, 0.4) is 0 Å². The summed E-state index contributed by atoms with van der Waals surface area (Å²) in [5.41, 5.74) is 0.0322. The van der Waals surface area contributed by atoms with Gasteiger partial charge in [0.05, 0.1) is 4.90 Å². The molecule has 8 heteroatoms. The van der Waals surface area contributed by atoms with Gasteiger partial charge in [-0.15, -0.1) is 0 Å². The number of hydrogen-bond donors (Lipinski definition) is 0. The average molecular weight is 399 g/mol. The molecule has 0 fully saturated rings. The van der Waals surface area contributed by atoms with Crippen molar-refractivity contribution in [3.8, 4) is 0 Å². The number of hydrogen-bond acceptors (Lipinski definition) is 4. The number of halogens is 2. The summed E-state index contributed by atoms with van der Waals surface area (Å²) in [5.74, 6) is 0. The van der Waals surface area contributed by atoms with Gasteiger partial charge in [-0.3, -0.25) is 0 Å². The van der Waals surface area contributed by atoms with Crippen molar-refractivity contribution in [1.82, 2.24) is 4.90 Å². The molecular formula is C13H17BrClNO4S. The molecule has 0 aliphatic heterocycles. The molecule has 1 amide bonds. The summed E-state index contributed by atoms with van der Waals surface area (Å²) < 4.78 is 28.6. The smallest absolute Gasteiger partial charge is 0.410 e. The zero-order valence-corrected chi connectivity index (χ0v) is 15.3. The third-order valence-corrected chi connectivity index (χ3v) is 4.13. The topological polar surface area (TPSA) is 63.7 Å². The van der Waals surface area contributed by atoms with Crippen LogP contribution < -0.4 is 0 Å². The average Bonchev–Trinajstić information content (AvgIpc) is 2.24. The predicted molar refractivity (Wildman–Crippen MR) is 84.9 cm³/mol. The summed E-state index contributed by atoms with van der Waals surface area (Å²) in [6, 6.07) is 4.54. The number of nitrogens with zero attached hydrogens (tertiary/aromatic N) is 1. The van der Waals surface area contributed by atoms with Crippen molar-refractivity contribution in [3.63, 3.8) is 0 Å². The number of ether oxygens (including phenoxy) is 1. The first kappa shape index (κ1) is 18.3. The summed E-state index contributed by atoms with van der Waals surface area (Å²) in [7, 11) is 3.08. The summed E-state index contributed by atoms with van der Waals surface area (Å²) in [4.78, 5) is 13.2. The van der Waals surface area contributed by atoms with Gasteiger partial charge in [-0.25, -0.2) is 13.2 Å². The van der Waals surface area contributed by atoms with E-state index in [9.17, 15) is 13.2 Å². The van der Waals surface area contributed by atoms with Crippen LogP contribution in [0, 0.1) is 0 Å². The van der Waals surface area contributed by atoms with E-state index in [2.05, 4.69) is 15.9 Å². The molecule has 0 N–H and O–H groups in total. The van der Waals surface area contributed by atoms with E-state index in [0.717, 1.165) is 0 Å². The van der Waals surface area contributed by atoms with E-state index in [4.69, 9.17) is 15.4 Å². The standard InChI is InChI=1S/C13H17BrClNO4S/c1-13(2,3)20-12(17)16(4)8-9-5-10(14)7-11(6-9)21(15,18)19/h5-7H,8H2,1-4H3. The molecule has 0 heterocycles. The van der Waals surface area contributed by atoms with Crippen LogP contribution in [-0.4, -0.2) is 32.1 Å². The first-order valence-corrected chi connectivity index (χ1v) is 9.17. The van der Waals surface area contributed by atoms with Gasteiger partial charge < -0.3 is 9.64 Å². The summed E-state index contributed by atoms with van der Waals surface area (Å²) in [5, 5.41) is 0. The molecule has 21 heavy (non-hydrogen) atoms. The molecule has 0 aliphatic carbocycles. The van der Waals surface area contributed by atoms with Gasteiger partial charge in [-0.2, -0.15) is 0 Å². The van der Waals surface area contributed by atoms with Gasteiger partial charge in [0, 0.05) is 28.7 Å². The highest BCUT2D eigenvalue weighted by Crippen LogP contribution is 2.23. The minimum Gasteiger partial charge on any atom is -0.444 e. The van der Waals surface area contributed by atoms with Crippen molar-refractivity contribution in [2.24, 2.45) is 0 Å². The van der Waals surface area contributed by atoms with Gasteiger partial charge in [-0.1, -0.05) is 15.9 Å². The van der Waals surface area contributed by atoms with Crippen molar-refractivity contribution in [2.45, 2.75) is 37.8 Å². The molecular weight excluding hydrogens is 382 g/mol. The maximum atomic E-state index is 11.9. The van der Waals surface area contributed by atoms with E-state index in [0.29, 0.717) is 10.0 Å². The number of carbonyl (C=O) groups is 1. The number of benzene rings is 1. The Bertz CT molecular complexity index is 640. The van der Waals surface area contributed by atoms with Crippen LogP contribution in [0.4, 0.5) is 4.79 Å². The molecule has 118 valence electrons. The van der Waals surface area contributed by atoms with E-state index < -0.39 is 20.7 Å². The molecule has 1 aromatic rings. The van der Waals surface area contributed by atoms with E-state index in [1.165, 1.54) is 17.0 Å². The van der Waals surface area contributed by atoms with Gasteiger partial charge in [0.1, 0.15) is 5.60 Å². The Labute approximate surface area is 137 Å². The third kappa shape index (κ3) is 6.23. The highest BCUT2D eigenvalue weighted by Gasteiger charge is 2.20. The molecule has 0 bridgehead atoms. The molecule has 0 aliphatic rings. The van der Waals surface area contributed by atoms with E-state index >= 15 is 0 Å².